The van der Waals surface area contributed by atoms with E-state index in [1.54, 1.807) is 10.9 Å². The minimum atomic E-state index is 0.115. The molecule has 1 amide bonds. The summed E-state index contributed by atoms with van der Waals surface area (Å²) in [6.07, 6.45) is 3.78. The van der Waals surface area contributed by atoms with E-state index in [-0.39, 0.29) is 5.91 Å². The number of benzene rings is 1. The molecule has 3 atom stereocenters. The number of fused-ring (bicyclic) bond motifs is 1. The summed E-state index contributed by atoms with van der Waals surface area (Å²) < 4.78 is 1.68. The third kappa shape index (κ3) is 2.86. The second-order valence-electron chi connectivity index (χ2n) is 7.22. The smallest absolute Gasteiger partial charge is 0.272 e. The van der Waals surface area contributed by atoms with Crippen LogP contribution in [0.5, 0.6) is 0 Å². The van der Waals surface area contributed by atoms with Gasteiger partial charge in [-0.1, -0.05) is 31.2 Å². The van der Waals surface area contributed by atoms with Crippen LogP contribution in [-0.2, 0) is 13.5 Å². The van der Waals surface area contributed by atoms with E-state index in [4.69, 9.17) is 0 Å². The lowest BCUT2D eigenvalue weighted by atomic mass is 9.82. The largest absolute Gasteiger partial charge is 0.333 e. The summed E-state index contributed by atoms with van der Waals surface area (Å²) in [5.74, 6) is 1.00. The molecular weight excluding hydrogens is 312 g/mol. The minimum absolute atomic E-state index is 0.115. The van der Waals surface area contributed by atoms with E-state index in [9.17, 15) is 4.79 Å². The molecule has 2 aromatic rings. The van der Waals surface area contributed by atoms with Crippen LogP contribution >= 0.6 is 0 Å². The lowest BCUT2D eigenvalue weighted by Gasteiger charge is -2.33. The van der Waals surface area contributed by atoms with E-state index in [0.29, 0.717) is 23.6 Å². The SMILES string of the molecule is CCc1ccc([C@H]2CN(C(=O)c3ccnn3C)[C@@H]3CCNC[C@H]23)cc1. The van der Waals surface area contributed by atoms with Gasteiger partial charge in [0.05, 0.1) is 0 Å². The van der Waals surface area contributed by atoms with E-state index in [0.717, 1.165) is 32.5 Å². The van der Waals surface area contributed by atoms with Gasteiger partial charge in [-0.2, -0.15) is 5.10 Å². The third-order valence-electron chi connectivity index (χ3n) is 5.92. The average molecular weight is 338 g/mol. The van der Waals surface area contributed by atoms with Crippen LogP contribution < -0.4 is 5.32 Å². The maximum absolute atomic E-state index is 13.1. The van der Waals surface area contributed by atoms with Gasteiger partial charge in [-0.15, -0.1) is 0 Å². The topological polar surface area (TPSA) is 50.2 Å². The first-order chi connectivity index (χ1) is 12.2. The molecule has 0 unspecified atom stereocenters. The molecule has 2 aliphatic heterocycles. The van der Waals surface area contributed by atoms with Gasteiger partial charge in [-0.05, 0) is 36.6 Å². The van der Waals surface area contributed by atoms with Crippen LogP contribution in [0, 0.1) is 5.92 Å². The summed E-state index contributed by atoms with van der Waals surface area (Å²) >= 11 is 0. The number of carbonyl (C=O) groups excluding carboxylic acids is 1. The van der Waals surface area contributed by atoms with E-state index < -0.39 is 0 Å². The predicted molar refractivity (Wildman–Crippen MR) is 97.6 cm³/mol. The Hall–Kier alpha value is -2.14. The molecule has 3 heterocycles. The Morgan fingerprint density at radius 1 is 1.28 bits per heavy atom. The van der Waals surface area contributed by atoms with Crippen molar-refractivity contribution in [2.75, 3.05) is 19.6 Å². The fourth-order valence-corrected chi connectivity index (χ4v) is 4.47. The van der Waals surface area contributed by atoms with Gasteiger partial charge in [0.25, 0.3) is 5.91 Å². The lowest BCUT2D eigenvalue weighted by molar-refractivity contribution is 0.0686. The molecule has 2 aliphatic rings. The minimum Gasteiger partial charge on any atom is -0.333 e. The van der Waals surface area contributed by atoms with Crippen molar-refractivity contribution in [2.45, 2.75) is 31.7 Å². The summed E-state index contributed by atoms with van der Waals surface area (Å²) in [5.41, 5.74) is 3.40. The second-order valence-corrected chi connectivity index (χ2v) is 7.22. The summed E-state index contributed by atoms with van der Waals surface area (Å²) in [5, 5.41) is 7.69. The van der Waals surface area contributed by atoms with Gasteiger partial charge in [0.2, 0.25) is 0 Å². The van der Waals surface area contributed by atoms with Gasteiger partial charge in [0.1, 0.15) is 5.69 Å². The van der Waals surface area contributed by atoms with Crippen LogP contribution in [0.4, 0.5) is 0 Å². The number of nitrogens with zero attached hydrogens (tertiary/aromatic N) is 3. The van der Waals surface area contributed by atoms with Crippen molar-refractivity contribution in [3.05, 3.63) is 53.3 Å². The molecule has 0 radical (unpaired) electrons. The number of hydrogen-bond donors (Lipinski definition) is 1. The summed E-state index contributed by atoms with van der Waals surface area (Å²) in [4.78, 5) is 15.2. The zero-order valence-electron chi connectivity index (χ0n) is 15.0. The van der Waals surface area contributed by atoms with Crippen LogP contribution in [0.2, 0.25) is 0 Å². The number of likely N-dealkylation sites (tertiary alicyclic amines) is 1. The van der Waals surface area contributed by atoms with E-state index >= 15 is 0 Å². The first-order valence-electron chi connectivity index (χ1n) is 9.27. The summed E-state index contributed by atoms with van der Waals surface area (Å²) in [7, 11) is 1.84. The van der Waals surface area contributed by atoms with Crippen LogP contribution in [-0.4, -0.2) is 46.3 Å². The van der Waals surface area contributed by atoms with E-state index in [1.807, 2.05) is 13.1 Å². The number of aromatic nitrogens is 2. The predicted octanol–water partition coefficient (Wildman–Crippen LogP) is 2.20. The fourth-order valence-electron chi connectivity index (χ4n) is 4.47. The maximum Gasteiger partial charge on any atom is 0.272 e. The normalized spacial score (nSPS) is 25.8. The molecule has 4 rings (SSSR count). The third-order valence-corrected chi connectivity index (χ3v) is 5.92. The molecule has 0 aliphatic carbocycles. The number of amides is 1. The van der Waals surface area contributed by atoms with Gasteiger partial charge in [0.15, 0.2) is 0 Å². The summed E-state index contributed by atoms with van der Waals surface area (Å²) in [6.45, 7) is 4.95. The molecule has 5 heteroatoms. The lowest BCUT2D eigenvalue weighted by Crippen LogP contribution is -2.46. The molecule has 1 aromatic heterocycles. The first-order valence-corrected chi connectivity index (χ1v) is 9.27. The van der Waals surface area contributed by atoms with Crippen molar-refractivity contribution >= 4 is 5.91 Å². The van der Waals surface area contributed by atoms with Gasteiger partial charge < -0.3 is 10.2 Å². The maximum atomic E-state index is 13.1. The van der Waals surface area contributed by atoms with Gasteiger partial charge in [0, 0.05) is 44.2 Å². The quantitative estimate of drug-likeness (QED) is 0.933. The van der Waals surface area contributed by atoms with Crippen LogP contribution in [0.1, 0.15) is 40.9 Å². The molecule has 0 spiro atoms. The van der Waals surface area contributed by atoms with Crippen LogP contribution in [0.3, 0.4) is 0 Å². The number of piperidine rings is 1. The Morgan fingerprint density at radius 3 is 2.76 bits per heavy atom. The second kappa shape index (κ2) is 6.64. The standard InChI is InChI=1S/C20H26N4O/c1-3-14-4-6-15(7-5-14)17-13-24(18-8-10-21-12-16(17)18)20(25)19-9-11-22-23(19)2/h4-7,9,11,16-18,21H,3,8,10,12-13H2,1-2H3/t16-,17-,18-/m1/s1. The number of carbonyl (C=O) groups is 1. The molecule has 1 N–H and O–H groups in total. The van der Waals surface area contributed by atoms with Crippen molar-refractivity contribution < 1.29 is 4.79 Å². The highest BCUT2D eigenvalue weighted by molar-refractivity contribution is 5.93. The molecule has 132 valence electrons. The van der Waals surface area contributed by atoms with Gasteiger partial charge in [-0.3, -0.25) is 9.48 Å². The molecular formula is C20H26N4O. The average Bonchev–Trinajstić information content (AvgIpc) is 3.25. The fraction of sp³-hybridized carbons (Fsp3) is 0.500. The Kier molecular flexibility index (Phi) is 4.34. The molecule has 25 heavy (non-hydrogen) atoms. The van der Waals surface area contributed by atoms with Crippen molar-refractivity contribution in [3.63, 3.8) is 0 Å². The number of aryl methyl sites for hydroxylation is 2. The summed E-state index contributed by atoms with van der Waals surface area (Å²) in [6, 6.07) is 11.1. The molecule has 1 aromatic carbocycles. The monoisotopic (exact) mass is 338 g/mol. The number of nitrogens with one attached hydrogen (secondary N) is 1. The highest BCUT2D eigenvalue weighted by Crippen LogP contribution is 2.40. The van der Waals surface area contributed by atoms with Gasteiger partial charge >= 0.3 is 0 Å². The molecule has 2 fully saturated rings. The molecule has 2 saturated heterocycles. The Morgan fingerprint density at radius 2 is 2.08 bits per heavy atom. The number of hydrogen-bond acceptors (Lipinski definition) is 3. The molecule has 0 bridgehead atoms. The van der Waals surface area contributed by atoms with E-state index in [2.05, 4.69) is 46.5 Å². The molecule has 0 saturated carbocycles. The Bertz CT molecular complexity index is 751. The first kappa shape index (κ1) is 16.3. The van der Waals surface area contributed by atoms with Crippen molar-refractivity contribution in [2.24, 2.45) is 13.0 Å². The zero-order valence-corrected chi connectivity index (χ0v) is 15.0. The Labute approximate surface area is 149 Å². The van der Waals surface area contributed by atoms with Crippen LogP contribution in [0.25, 0.3) is 0 Å². The van der Waals surface area contributed by atoms with E-state index in [1.165, 1.54) is 11.1 Å². The van der Waals surface area contributed by atoms with Crippen molar-refractivity contribution in [1.29, 1.82) is 0 Å². The highest BCUT2D eigenvalue weighted by atomic mass is 16.2. The van der Waals surface area contributed by atoms with Crippen LogP contribution in [0.15, 0.2) is 36.5 Å². The van der Waals surface area contributed by atoms with Gasteiger partial charge in [-0.25, -0.2) is 0 Å². The Balaban J connectivity index is 1.63. The zero-order chi connectivity index (χ0) is 17.4. The van der Waals surface area contributed by atoms with Crippen molar-refractivity contribution in [3.8, 4) is 0 Å². The highest BCUT2D eigenvalue weighted by Gasteiger charge is 2.45. The van der Waals surface area contributed by atoms with Crippen molar-refractivity contribution in [1.82, 2.24) is 20.0 Å². The molecule has 5 nitrogen and oxygen atoms in total. The number of rotatable bonds is 3.